The lowest BCUT2D eigenvalue weighted by atomic mass is 10.1. The number of piperidine rings is 1. The molecule has 0 aliphatic carbocycles. The second kappa shape index (κ2) is 6.02. The third kappa shape index (κ3) is 2.69. The van der Waals surface area contributed by atoms with Crippen molar-refractivity contribution in [2.45, 2.75) is 18.9 Å². The third-order valence-corrected chi connectivity index (χ3v) is 4.23. The highest BCUT2D eigenvalue weighted by Gasteiger charge is 2.23. The van der Waals surface area contributed by atoms with E-state index < -0.39 is 4.92 Å². The summed E-state index contributed by atoms with van der Waals surface area (Å²) in [6.07, 6.45) is 3.48. The minimum absolute atomic E-state index is 0.0553. The molecule has 1 aromatic carbocycles. The summed E-state index contributed by atoms with van der Waals surface area (Å²) in [5.41, 5.74) is 0.478. The van der Waals surface area contributed by atoms with Crippen molar-refractivity contribution < 1.29 is 9.66 Å². The zero-order valence-electron chi connectivity index (χ0n) is 12.0. The van der Waals surface area contributed by atoms with Crippen LogP contribution in [0.1, 0.15) is 12.8 Å². The van der Waals surface area contributed by atoms with E-state index >= 15 is 0 Å². The molecule has 2 heterocycles. The summed E-state index contributed by atoms with van der Waals surface area (Å²) < 4.78 is 5.36. The van der Waals surface area contributed by atoms with E-state index in [0.29, 0.717) is 16.7 Å². The van der Waals surface area contributed by atoms with Gasteiger partial charge in [-0.1, -0.05) is 11.6 Å². The first-order valence-electron chi connectivity index (χ1n) is 6.96. The summed E-state index contributed by atoms with van der Waals surface area (Å²) in [5.74, 6) is 0.685. The van der Waals surface area contributed by atoms with Crippen LogP contribution in [0.15, 0.2) is 18.5 Å². The molecule has 1 aliphatic heterocycles. The van der Waals surface area contributed by atoms with Crippen LogP contribution in [0.25, 0.3) is 10.9 Å². The summed E-state index contributed by atoms with van der Waals surface area (Å²) >= 11 is 6.13. The molecule has 1 saturated heterocycles. The molecule has 3 rings (SSSR count). The van der Waals surface area contributed by atoms with Gasteiger partial charge in [0.15, 0.2) is 0 Å². The van der Waals surface area contributed by atoms with Gasteiger partial charge < -0.3 is 9.64 Å². The van der Waals surface area contributed by atoms with Crippen molar-refractivity contribution in [1.82, 2.24) is 9.97 Å². The number of anilines is 1. The number of nitrogens with zero attached hydrogens (tertiary/aromatic N) is 4. The summed E-state index contributed by atoms with van der Waals surface area (Å²) in [7, 11) is 1.71. The predicted octanol–water partition coefficient (Wildman–Crippen LogP) is 2.81. The minimum Gasteiger partial charge on any atom is -0.381 e. The number of ether oxygens (including phenoxy) is 1. The molecule has 0 unspecified atom stereocenters. The van der Waals surface area contributed by atoms with Crippen LogP contribution in [0.4, 0.5) is 11.5 Å². The molecule has 22 heavy (non-hydrogen) atoms. The van der Waals surface area contributed by atoms with Crippen molar-refractivity contribution in [3.63, 3.8) is 0 Å². The predicted molar refractivity (Wildman–Crippen MR) is 83.4 cm³/mol. The van der Waals surface area contributed by atoms with Gasteiger partial charge in [-0.05, 0) is 12.8 Å². The quantitative estimate of drug-likeness (QED) is 0.638. The van der Waals surface area contributed by atoms with Crippen LogP contribution in [-0.2, 0) is 4.74 Å². The lowest BCUT2D eigenvalue weighted by Crippen LogP contribution is -2.37. The number of non-ortho nitro benzene ring substituents is 1. The van der Waals surface area contributed by atoms with E-state index in [1.54, 1.807) is 7.11 Å². The van der Waals surface area contributed by atoms with Gasteiger partial charge in [-0.2, -0.15) is 0 Å². The molecule has 0 bridgehead atoms. The van der Waals surface area contributed by atoms with E-state index in [9.17, 15) is 10.1 Å². The van der Waals surface area contributed by atoms with Gasteiger partial charge in [-0.3, -0.25) is 10.1 Å². The largest absolute Gasteiger partial charge is 0.381 e. The van der Waals surface area contributed by atoms with E-state index in [4.69, 9.17) is 16.3 Å². The molecule has 0 atom stereocenters. The molecule has 1 aliphatic rings. The Hall–Kier alpha value is -1.99. The molecule has 116 valence electrons. The molecular weight excluding hydrogens is 308 g/mol. The van der Waals surface area contributed by atoms with Crippen LogP contribution in [0, 0.1) is 10.1 Å². The fourth-order valence-corrected chi connectivity index (χ4v) is 3.02. The van der Waals surface area contributed by atoms with Crippen molar-refractivity contribution in [2.75, 3.05) is 25.1 Å². The van der Waals surface area contributed by atoms with E-state index in [-0.39, 0.29) is 16.8 Å². The molecule has 0 N–H and O–H groups in total. The number of rotatable bonds is 3. The normalized spacial score (nSPS) is 16.2. The van der Waals surface area contributed by atoms with Gasteiger partial charge in [0.25, 0.3) is 5.69 Å². The Bertz CT molecular complexity index is 717. The summed E-state index contributed by atoms with van der Waals surface area (Å²) in [4.78, 5) is 21.1. The van der Waals surface area contributed by atoms with Crippen LogP contribution in [-0.4, -0.2) is 41.2 Å². The van der Waals surface area contributed by atoms with Crippen LogP contribution in [0.3, 0.4) is 0 Å². The molecular formula is C14H15ClN4O3. The van der Waals surface area contributed by atoms with Crippen LogP contribution < -0.4 is 4.90 Å². The highest BCUT2D eigenvalue weighted by Crippen LogP contribution is 2.33. The van der Waals surface area contributed by atoms with Gasteiger partial charge in [-0.25, -0.2) is 9.97 Å². The van der Waals surface area contributed by atoms with E-state index in [1.807, 2.05) is 0 Å². The molecule has 8 heteroatoms. The van der Waals surface area contributed by atoms with Gasteiger partial charge >= 0.3 is 0 Å². The maximum absolute atomic E-state index is 11.0. The maximum Gasteiger partial charge on any atom is 0.271 e. The zero-order chi connectivity index (χ0) is 15.7. The molecule has 1 aromatic heterocycles. The summed E-state index contributed by atoms with van der Waals surface area (Å²) in [6, 6.07) is 2.80. The van der Waals surface area contributed by atoms with Crippen LogP contribution in [0.2, 0.25) is 5.02 Å². The van der Waals surface area contributed by atoms with Gasteiger partial charge in [-0.15, -0.1) is 0 Å². The van der Waals surface area contributed by atoms with Crippen molar-refractivity contribution in [3.05, 3.63) is 33.6 Å². The lowest BCUT2D eigenvalue weighted by Gasteiger charge is -2.32. The monoisotopic (exact) mass is 322 g/mol. The second-order valence-electron chi connectivity index (χ2n) is 5.20. The standard InChI is InChI=1S/C14H15ClN4O3/c1-22-10-2-4-18(5-3-10)14-11-6-9(19(20)21)7-12(15)13(11)16-8-17-14/h6-8,10H,2-5H2,1H3. The Kier molecular flexibility index (Phi) is 4.08. The Labute approximate surface area is 132 Å². The van der Waals surface area contributed by atoms with Crippen molar-refractivity contribution in [2.24, 2.45) is 0 Å². The number of methoxy groups -OCH3 is 1. The number of halogens is 1. The number of nitro benzene ring substituents is 1. The Morgan fingerprint density at radius 3 is 2.73 bits per heavy atom. The van der Waals surface area contributed by atoms with Gasteiger partial charge in [0.05, 0.1) is 27.0 Å². The Morgan fingerprint density at radius 1 is 1.36 bits per heavy atom. The third-order valence-electron chi connectivity index (χ3n) is 3.94. The van der Waals surface area contributed by atoms with Crippen LogP contribution >= 0.6 is 11.6 Å². The fourth-order valence-electron chi connectivity index (χ4n) is 2.76. The summed E-state index contributed by atoms with van der Waals surface area (Å²) in [6.45, 7) is 1.57. The first kappa shape index (κ1) is 14.9. The molecule has 0 amide bonds. The van der Waals surface area contributed by atoms with Crippen molar-refractivity contribution in [1.29, 1.82) is 0 Å². The number of aromatic nitrogens is 2. The van der Waals surface area contributed by atoms with Crippen molar-refractivity contribution in [3.8, 4) is 0 Å². The van der Waals surface area contributed by atoms with E-state index in [0.717, 1.165) is 25.9 Å². The summed E-state index contributed by atoms with van der Waals surface area (Å²) in [5, 5.41) is 11.9. The Balaban J connectivity index is 2.04. The number of hydrogen-bond donors (Lipinski definition) is 0. The number of fused-ring (bicyclic) bond motifs is 1. The van der Waals surface area contributed by atoms with Crippen LogP contribution in [0.5, 0.6) is 0 Å². The van der Waals surface area contributed by atoms with Gasteiger partial charge in [0.2, 0.25) is 0 Å². The van der Waals surface area contributed by atoms with E-state index in [2.05, 4.69) is 14.9 Å². The molecule has 0 radical (unpaired) electrons. The first-order valence-corrected chi connectivity index (χ1v) is 7.34. The van der Waals surface area contributed by atoms with E-state index in [1.165, 1.54) is 18.5 Å². The average molecular weight is 323 g/mol. The molecule has 7 nitrogen and oxygen atoms in total. The lowest BCUT2D eigenvalue weighted by molar-refractivity contribution is -0.384. The number of hydrogen-bond acceptors (Lipinski definition) is 6. The van der Waals surface area contributed by atoms with Gasteiger partial charge in [0, 0.05) is 32.3 Å². The average Bonchev–Trinajstić information content (AvgIpc) is 2.54. The minimum atomic E-state index is -0.459. The topological polar surface area (TPSA) is 81.4 Å². The highest BCUT2D eigenvalue weighted by atomic mass is 35.5. The molecule has 1 fully saturated rings. The molecule has 2 aromatic rings. The Morgan fingerprint density at radius 2 is 2.09 bits per heavy atom. The highest BCUT2D eigenvalue weighted by molar-refractivity contribution is 6.35. The SMILES string of the molecule is COC1CCN(c2ncnc3c(Cl)cc([N+](=O)[O-])cc23)CC1. The van der Waals surface area contributed by atoms with Crippen molar-refractivity contribution >= 4 is 34.0 Å². The number of benzene rings is 1. The van der Waals surface area contributed by atoms with Gasteiger partial charge in [0.1, 0.15) is 12.1 Å². The maximum atomic E-state index is 11.0. The zero-order valence-corrected chi connectivity index (χ0v) is 12.8. The number of nitro groups is 1. The smallest absolute Gasteiger partial charge is 0.271 e. The first-order chi connectivity index (χ1) is 10.6. The molecule has 0 spiro atoms. The molecule has 0 saturated carbocycles. The second-order valence-corrected chi connectivity index (χ2v) is 5.61. The fraction of sp³-hybridized carbons (Fsp3) is 0.429.